The summed E-state index contributed by atoms with van der Waals surface area (Å²) in [5.41, 5.74) is 1.65. The van der Waals surface area contributed by atoms with Gasteiger partial charge in [0.25, 0.3) is 0 Å². The second kappa shape index (κ2) is 6.08. The molecule has 0 unspecified atom stereocenters. The van der Waals surface area contributed by atoms with Crippen LogP contribution in [-0.2, 0) is 0 Å². The molecule has 0 aromatic heterocycles. The van der Waals surface area contributed by atoms with Gasteiger partial charge in [-0.3, -0.25) is 9.80 Å². The summed E-state index contributed by atoms with van der Waals surface area (Å²) in [5.74, 6) is 0. The van der Waals surface area contributed by atoms with Crippen molar-refractivity contribution >= 4 is 23.6 Å². The van der Waals surface area contributed by atoms with Crippen LogP contribution in [0.15, 0.2) is 18.2 Å². The molecule has 0 heterocycles. The second-order valence-electron chi connectivity index (χ2n) is 3.97. The predicted octanol–water partition coefficient (Wildman–Crippen LogP) is 3.00. The summed E-state index contributed by atoms with van der Waals surface area (Å²) < 4.78 is 0. The Morgan fingerprint density at radius 1 is 1.00 bits per heavy atom. The molecule has 0 saturated carbocycles. The van der Waals surface area contributed by atoms with Crippen molar-refractivity contribution in [3.8, 4) is 0 Å². The molecule has 0 spiro atoms. The zero-order valence-electron chi connectivity index (χ0n) is 11.3. The fraction of sp³-hybridized carbons (Fsp3) is 0.385. The number of rotatable bonds is 4. The third-order valence-electron chi connectivity index (χ3n) is 2.95. The van der Waals surface area contributed by atoms with E-state index in [-0.39, 0.29) is 0 Å². The van der Waals surface area contributed by atoms with E-state index in [2.05, 4.69) is 0 Å². The lowest BCUT2D eigenvalue weighted by Gasteiger charge is -2.25. The number of carboxylic acid groups (broad SMARTS) is 2. The normalized spacial score (nSPS) is 10.1. The van der Waals surface area contributed by atoms with Gasteiger partial charge in [-0.2, -0.15) is 0 Å². The minimum atomic E-state index is -1.05. The van der Waals surface area contributed by atoms with Crippen LogP contribution in [0.5, 0.6) is 0 Å². The van der Waals surface area contributed by atoms with Crippen LogP contribution in [0.3, 0.4) is 0 Å². The van der Waals surface area contributed by atoms with Crippen LogP contribution < -0.4 is 9.80 Å². The summed E-state index contributed by atoms with van der Waals surface area (Å²) in [6.45, 7) is 5.80. The van der Waals surface area contributed by atoms with Gasteiger partial charge >= 0.3 is 12.2 Å². The average molecular weight is 266 g/mol. The number of hydrogen-bond acceptors (Lipinski definition) is 2. The van der Waals surface area contributed by atoms with Gasteiger partial charge in [0.1, 0.15) is 0 Å². The Balaban J connectivity index is 3.32. The van der Waals surface area contributed by atoms with E-state index < -0.39 is 12.2 Å². The Morgan fingerprint density at radius 3 is 1.63 bits per heavy atom. The lowest BCUT2D eigenvalue weighted by Crippen LogP contribution is -2.32. The Hall–Kier alpha value is -2.24. The van der Waals surface area contributed by atoms with Crippen molar-refractivity contribution in [1.29, 1.82) is 0 Å². The molecule has 2 amide bonds. The number of benzene rings is 1. The zero-order valence-corrected chi connectivity index (χ0v) is 11.3. The van der Waals surface area contributed by atoms with E-state index in [1.807, 2.05) is 0 Å². The van der Waals surface area contributed by atoms with Crippen LogP contribution in [0.2, 0.25) is 0 Å². The first-order valence-electron chi connectivity index (χ1n) is 6.04. The topological polar surface area (TPSA) is 81.1 Å². The molecule has 0 radical (unpaired) electrons. The fourth-order valence-electron chi connectivity index (χ4n) is 2.01. The third kappa shape index (κ3) is 2.96. The molecule has 6 heteroatoms. The average Bonchev–Trinajstić information content (AvgIpc) is 2.34. The zero-order chi connectivity index (χ0) is 14.6. The highest BCUT2D eigenvalue weighted by Gasteiger charge is 2.20. The molecule has 6 nitrogen and oxygen atoms in total. The van der Waals surface area contributed by atoms with Gasteiger partial charge in [-0.15, -0.1) is 0 Å². The molecule has 0 aliphatic heterocycles. The lowest BCUT2D eigenvalue weighted by atomic mass is 10.1. The van der Waals surface area contributed by atoms with Crippen molar-refractivity contribution in [2.45, 2.75) is 20.8 Å². The summed E-state index contributed by atoms with van der Waals surface area (Å²) in [5, 5.41) is 18.3. The standard InChI is InChI=1S/C13H18N2O4/c1-4-14(12(16)17)10-7-6-8-11(9(10)3)15(5-2)13(18)19/h6-8H,4-5H2,1-3H3,(H,16,17)(H,18,19). The van der Waals surface area contributed by atoms with Gasteiger partial charge in [-0.05, 0) is 38.5 Å². The molecule has 1 aromatic rings. The van der Waals surface area contributed by atoms with Crippen molar-refractivity contribution in [3.05, 3.63) is 23.8 Å². The Labute approximate surface area is 111 Å². The summed E-state index contributed by atoms with van der Waals surface area (Å²) >= 11 is 0. The minimum absolute atomic E-state index is 0.304. The van der Waals surface area contributed by atoms with Crippen molar-refractivity contribution in [1.82, 2.24) is 0 Å². The predicted molar refractivity (Wildman–Crippen MR) is 73.3 cm³/mol. The first-order chi connectivity index (χ1) is 8.93. The molecule has 2 N–H and O–H groups in total. The Morgan fingerprint density at radius 2 is 1.37 bits per heavy atom. The first kappa shape index (κ1) is 14.8. The summed E-state index contributed by atoms with van der Waals surface area (Å²) in [4.78, 5) is 24.7. The van der Waals surface area contributed by atoms with Crippen LogP contribution in [-0.4, -0.2) is 35.5 Å². The highest BCUT2D eigenvalue weighted by atomic mass is 16.4. The van der Waals surface area contributed by atoms with Gasteiger partial charge in [-0.1, -0.05) is 6.07 Å². The van der Waals surface area contributed by atoms with Crippen molar-refractivity contribution in [2.24, 2.45) is 0 Å². The highest BCUT2D eigenvalue weighted by Crippen LogP contribution is 2.29. The van der Waals surface area contributed by atoms with Gasteiger partial charge in [0, 0.05) is 13.1 Å². The van der Waals surface area contributed by atoms with Gasteiger partial charge in [0.05, 0.1) is 11.4 Å². The number of carbonyl (C=O) groups is 2. The number of hydrogen-bond donors (Lipinski definition) is 2. The van der Waals surface area contributed by atoms with Gasteiger partial charge < -0.3 is 10.2 Å². The van der Waals surface area contributed by atoms with Crippen LogP contribution in [0.25, 0.3) is 0 Å². The first-order valence-corrected chi connectivity index (χ1v) is 6.04. The summed E-state index contributed by atoms with van der Waals surface area (Å²) in [6.07, 6.45) is -2.11. The van der Waals surface area contributed by atoms with E-state index in [4.69, 9.17) is 10.2 Å². The van der Waals surface area contributed by atoms with E-state index in [9.17, 15) is 9.59 Å². The smallest absolute Gasteiger partial charge is 0.411 e. The maximum Gasteiger partial charge on any atom is 0.411 e. The van der Waals surface area contributed by atoms with Crippen LogP contribution in [0, 0.1) is 6.92 Å². The molecule has 0 aliphatic carbocycles. The summed E-state index contributed by atoms with van der Waals surface area (Å²) in [7, 11) is 0. The second-order valence-corrected chi connectivity index (χ2v) is 3.97. The van der Waals surface area contributed by atoms with Gasteiger partial charge in [0.2, 0.25) is 0 Å². The molecule has 0 saturated heterocycles. The van der Waals surface area contributed by atoms with Crippen LogP contribution >= 0.6 is 0 Å². The fourth-order valence-corrected chi connectivity index (χ4v) is 2.01. The molecule has 104 valence electrons. The maximum absolute atomic E-state index is 11.2. The molecular formula is C13H18N2O4. The number of anilines is 2. The Bertz CT molecular complexity index is 447. The van der Waals surface area contributed by atoms with E-state index in [0.29, 0.717) is 30.0 Å². The van der Waals surface area contributed by atoms with E-state index in [1.54, 1.807) is 39.0 Å². The van der Waals surface area contributed by atoms with E-state index in [0.717, 1.165) is 0 Å². The number of nitrogens with zero attached hydrogens (tertiary/aromatic N) is 2. The molecule has 0 bridgehead atoms. The Kier molecular flexibility index (Phi) is 4.74. The van der Waals surface area contributed by atoms with Crippen LogP contribution in [0.4, 0.5) is 21.0 Å². The quantitative estimate of drug-likeness (QED) is 0.877. The van der Waals surface area contributed by atoms with Gasteiger partial charge in [0.15, 0.2) is 0 Å². The SMILES string of the molecule is CCN(C(=O)O)c1cccc(N(CC)C(=O)O)c1C. The molecule has 1 rings (SSSR count). The largest absolute Gasteiger partial charge is 0.465 e. The summed E-state index contributed by atoms with van der Waals surface area (Å²) in [6, 6.07) is 5.01. The van der Waals surface area contributed by atoms with Crippen molar-refractivity contribution < 1.29 is 19.8 Å². The van der Waals surface area contributed by atoms with Crippen LogP contribution in [0.1, 0.15) is 19.4 Å². The lowest BCUT2D eigenvalue weighted by molar-refractivity contribution is 0.201. The maximum atomic E-state index is 11.2. The number of amides is 2. The molecule has 19 heavy (non-hydrogen) atoms. The highest BCUT2D eigenvalue weighted by molar-refractivity contribution is 5.92. The minimum Gasteiger partial charge on any atom is -0.465 e. The third-order valence-corrected chi connectivity index (χ3v) is 2.95. The monoisotopic (exact) mass is 266 g/mol. The van der Waals surface area contributed by atoms with E-state index >= 15 is 0 Å². The van der Waals surface area contributed by atoms with E-state index in [1.165, 1.54) is 9.80 Å². The molecule has 0 fully saturated rings. The molecule has 0 atom stereocenters. The molecular weight excluding hydrogens is 248 g/mol. The van der Waals surface area contributed by atoms with Gasteiger partial charge in [-0.25, -0.2) is 9.59 Å². The van der Waals surface area contributed by atoms with Crippen molar-refractivity contribution in [3.63, 3.8) is 0 Å². The molecule has 1 aromatic carbocycles. The molecule has 0 aliphatic rings. The van der Waals surface area contributed by atoms with Crippen molar-refractivity contribution in [2.75, 3.05) is 22.9 Å².